The van der Waals surface area contributed by atoms with Crippen LogP contribution in [0.3, 0.4) is 0 Å². The van der Waals surface area contributed by atoms with Crippen molar-refractivity contribution in [2.45, 2.75) is 88.3 Å². The van der Waals surface area contributed by atoms with Crippen molar-refractivity contribution in [3.05, 3.63) is 29.8 Å². The van der Waals surface area contributed by atoms with Gasteiger partial charge in [0, 0.05) is 21.8 Å². The SMILES string of the molecule is C[C@H]1[C@H]2OC(C)(C)O[C@@H]2[C@H](C)P1c1ccccc1CSC(C)(C)C. The smallest absolute Gasteiger partial charge is 0.163 e. The molecule has 0 unspecified atom stereocenters. The van der Waals surface area contributed by atoms with E-state index in [1.807, 2.05) is 25.6 Å². The van der Waals surface area contributed by atoms with Gasteiger partial charge in [-0.25, -0.2) is 0 Å². The van der Waals surface area contributed by atoms with Gasteiger partial charge in [0.1, 0.15) is 0 Å². The summed E-state index contributed by atoms with van der Waals surface area (Å²) in [5.41, 5.74) is 2.59. The molecule has 4 heteroatoms. The minimum atomic E-state index is -0.430. The van der Waals surface area contributed by atoms with Gasteiger partial charge in [-0.1, -0.05) is 66.8 Å². The summed E-state index contributed by atoms with van der Waals surface area (Å²) in [6, 6.07) is 9.04. The summed E-state index contributed by atoms with van der Waals surface area (Å²) >= 11 is 2.03. The largest absolute Gasteiger partial charge is 0.344 e. The van der Waals surface area contributed by atoms with Crippen LogP contribution in [0.15, 0.2) is 24.3 Å². The Morgan fingerprint density at radius 3 is 2.12 bits per heavy atom. The first kappa shape index (κ1) is 18.7. The van der Waals surface area contributed by atoms with E-state index in [4.69, 9.17) is 9.47 Å². The Morgan fingerprint density at radius 1 is 1.04 bits per heavy atom. The predicted octanol–water partition coefficient (Wildman–Crippen LogP) is 5.14. The van der Waals surface area contributed by atoms with E-state index >= 15 is 0 Å². The molecule has 2 aliphatic rings. The molecule has 2 aliphatic heterocycles. The van der Waals surface area contributed by atoms with E-state index < -0.39 is 5.79 Å². The Morgan fingerprint density at radius 2 is 1.58 bits per heavy atom. The zero-order valence-electron chi connectivity index (χ0n) is 16.0. The zero-order valence-corrected chi connectivity index (χ0v) is 17.7. The molecule has 4 atom stereocenters. The molecule has 0 radical (unpaired) electrons. The van der Waals surface area contributed by atoms with Crippen LogP contribution >= 0.6 is 19.7 Å². The highest BCUT2D eigenvalue weighted by Gasteiger charge is 2.55. The number of rotatable bonds is 3. The van der Waals surface area contributed by atoms with Crippen molar-refractivity contribution in [3.63, 3.8) is 0 Å². The molecule has 0 bridgehead atoms. The van der Waals surface area contributed by atoms with E-state index in [0.717, 1.165) is 5.75 Å². The van der Waals surface area contributed by atoms with Gasteiger partial charge >= 0.3 is 0 Å². The first-order valence-corrected chi connectivity index (χ1v) is 11.4. The topological polar surface area (TPSA) is 18.5 Å². The Hall–Kier alpha value is -0.0800. The molecule has 1 aromatic carbocycles. The highest BCUT2D eigenvalue weighted by molar-refractivity contribution is 7.99. The average Bonchev–Trinajstić information content (AvgIpc) is 2.90. The second-order valence-electron chi connectivity index (χ2n) is 8.48. The summed E-state index contributed by atoms with van der Waals surface area (Å²) in [4.78, 5) is 0. The summed E-state index contributed by atoms with van der Waals surface area (Å²) in [5, 5.41) is 1.56. The standard InChI is InChI=1S/C20H31O2PS/c1-13-17-18(22-20(6,7)21-17)14(2)23(13)16-11-9-8-10-15(16)12-24-19(3,4)5/h8-11,13-14,17-18H,12H2,1-7H3/t13-,14-,17+,18+/m0/s1. The molecule has 134 valence electrons. The third-order valence-electron chi connectivity index (χ3n) is 4.92. The van der Waals surface area contributed by atoms with E-state index in [1.54, 1.807) is 5.30 Å². The van der Waals surface area contributed by atoms with Gasteiger partial charge in [-0.2, -0.15) is 11.8 Å². The molecular weight excluding hydrogens is 335 g/mol. The molecule has 2 heterocycles. The third kappa shape index (κ3) is 3.70. The summed E-state index contributed by atoms with van der Waals surface area (Å²) in [7, 11) is -0.269. The maximum Gasteiger partial charge on any atom is 0.163 e. The first-order valence-electron chi connectivity index (χ1n) is 8.95. The molecule has 3 rings (SSSR count). The number of thioether (sulfide) groups is 1. The molecule has 0 N–H and O–H groups in total. The summed E-state index contributed by atoms with van der Waals surface area (Å²) < 4.78 is 12.8. The van der Waals surface area contributed by atoms with Crippen molar-refractivity contribution >= 4 is 25.0 Å². The van der Waals surface area contributed by atoms with Crippen LogP contribution in [-0.4, -0.2) is 34.1 Å². The fraction of sp³-hybridized carbons (Fsp3) is 0.700. The van der Waals surface area contributed by atoms with Crippen LogP contribution in [0.4, 0.5) is 0 Å². The quantitative estimate of drug-likeness (QED) is 0.691. The fourth-order valence-electron chi connectivity index (χ4n) is 3.87. The second-order valence-corrected chi connectivity index (χ2v) is 13.2. The number of fused-ring (bicyclic) bond motifs is 1. The van der Waals surface area contributed by atoms with E-state index in [-0.39, 0.29) is 20.1 Å². The number of benzene rings is 1. The highest BCUT2D eigenvalue weighted by Crippen LogP contribution is 2.60. The van der Waals surface area contributed by atoms with Crippen LogP contribution in [0.2, 0.25) is 0 Å². The van der Waals surface area contributed by atoms with Crippen molar-refractivity contribution in [1.29, 1.82) is 0 Å². The molecule has 2 fully saturated rings. The minimum Gasteiger partial charge on any atom is -0.344 e. The Labute approximate surface area is 152 Å². The lowest BCUT2D eigenvalue weighted by Crippen LogP contribution is -2.28. The number of ether oxygens (including phenoxy) is 2. The van der Waals surface area contributed by atoms with Crippen LogP contribution in [0.5, 0.6) is 0 Å². The van der Waals surface area contributed by atoms with Gasteiger partial charge < -0.3 is 9.47 Å². The monoisotopic (exact) mass is 366 g/mol. The van der Waals surface area contributed by atoms with Crippen LogP contribution in [0.1, 0.15) is 54.0 Å². The van der Waals surface area contributed by atoms with E-state index in [1.165, 1.54) is 5.56 Å². The lowest BCUT2D eigenvalue weighted by Gasteiger charge is -2.30. The van der Waals surface area contributed by atoms with Crippen LogP contribution in [0, 0.1) is 0 Å². The molecule has 0 aliphatic carbocycles. The van der Waals surface area contributed by atoms with Gasteiger partial charge in [0.05, 0.1) is 12.2 Å². The molecule has 2 nitrogen and oxygen atoms in total. The van der Waals surface area contributed by atoms with Crippen molar-refractivity contribution in [1.82, 2.24) is 0 Å². The lowest BCUT2D eigenvalue weighted by atomic mass is 10.1. The van der Waals surface area contributed by atoms with Gasteiger partial charge in [-0.3, -0.25) is 0 Å². The molecule has 0 spiro atoms. The van der Waals surface area contributed by atoms with E-state index in [9.17, 15) is 0 Å². The highest BCUT2D eigenvalue weighted by atomic mass is 32.2. The summed E-state index contributed by atoms with van der Waals surface area (Å²) in [6.45, 7) is 15.7. The van der Waals surface area contributed by atoms with Crippen LogP contribution in [0.25, 0.3) is 0 Å². The molecular formula is C20H31O2PS. The number of hydrogen-bond donors (Lipinski definition) is 0. The molecule has 1 aromatic rings. The van der Waals surface area contributed by atoms with E-state index in [0.29, 0.717) is 16.1 Å². The molecule has 0 amide bonds. The third-order valence-corrected chi connectivity index (χ3v) is 9.58. The Kier molecular flexibility index (Phi) is 5.13. The minimum absolute atomic E-state index is 0.240. The first-order chi connectivity index (χ1) is 11.1. The fourth-order valence-corrected chi connectivity index (χ4v) is 8.27. The molecule has 24 heavy (non-hydrogen) atoms. The van der Waals surface area contributed by atoms with Gasteiger partial charge in [-0.15, -0.1) is 0 Å². The molecule has 0 saturated carbocycles. The maximum absolute atomic E-state index is 6.25. The number of hydrogen-bond acceptors (Lipinski definition) is 3. The van der Waals surface area contributed by atoms with Crippen molar-refractivity contribution in [3.8, 4) is 0 Å². The van der Waals surface area contributed by atoms with Crippen molar-refractivity contribution < 1.29 is 9.47 Å². The summed E-state index contributed by atoms with van der Waals surface area (Å²) in [5.74, 6) is 0.654. The average molecular weight is 367 g/mol. The maximum atomic E-state index is 6.25. The molecule has 0 aromatic heterocycles. The lowest BCUT2D eigenvalue weighted by molar-refractivity contribution is -0.147. The Bertz CT molecular complexity index is 576. The normalized spacial score (nSPS) is 35.2. The van der Waals surface area contributed by atoms with Gasteiger partial charge in [0.25, 0.3) is 0 Å². The summed E-state index contributed by atoms with van der Waals surface area (Å²) in [6.07, 6.45) is 0.480. The van der Waals surface area contributed by atoms with Gasteiger partial charge in [0.15, 0.2) is 5.79 Å². The van der Waals surface area contributed by atoms with Gasteiger partial charge in [-0.05, 0) is 24.7 Å². The van der Waals surface area contributed by atoms with Crippen LogP contribution in [-0.2, 0) is 15.2 Å². The van der Waals surface area contributed by atoms with Gasteiger partial charge in [0.2, 0.25) is 0 Å². The zero-order chi connectivity index (χ0) is 17.7. The van der Waals surface area contributed by atoms with E-state index in [2.05, 4.69) is 58.9 Å². The van der Waals surface area contributed by atoms with Crippen molar-refractivity contribution in [2.75, 3.05) is 0 Å². The van der Waals surface area contributed by atoms with Crippen LogP contribution < -0.4 is 5.30 Å². The second kappa shape index (κ2) is 6.58. The Balaban J connectivity index is 1.85. The predicted molar refractivity (Wildman–Crippen MR) is 107 cm³/mol. The van der Waals surface area contributed by atoms with Crippen molar-refractivity contribution in [2.24, 2.45) is 0 Å². The molecule has 2 saturated heterocycles.